The van der Waals surface area contributed by atoms with Crippen LogP contribution in [0.15, 0.2) is 0 Å². The molecule has 0 aromatic rings. The van der Waals surface area contributed by atoms with Gasteiger partial charge in [0, 0.05) is 6.42 Å². The molecule has 0 saturated heterocycles. The molecule has 0 spiro atoms. The van der Waals surface area contributed by atoms with E-state index in [-0.39, 0.29) is 12.4 Å². The lowest BCUT2D eigenvalue weighted by Gasteiger charge is -2.16. The van der Waals surface area contributed by atoms with Gasteiger partial charge in [-0.3, -0.25) is 9.59 Å². The Bertz CT molecular complexity index is 315. The molecule has 24 heavy (non-hydrogen) atoms. The number of carbonyl (C=O) groups is 2. The van der Waals surface area contributed by atoms with Gasteiger partial charge in [-0.2, -0.15) is 0 Å². The Kier molecular flexibility index (Phi) is 16.0. The Balaban J connectivity index is 3.86. The number of carboxylic acid groups (broad SMARTS) is 1. The molecule has 1 atom stereocenters. The number of unbranched alkanes of at least 4 members (excludes halogenated alkanes) is 10. The SMILES string of the molecule is CCCCCCCCCC(CC(=O)O)OC(=O)CCCCCCC. The van der Waals surface area contributed by atoms with E-state index in [4.69, 9.17) is 9.84 Å². The molecule has 1 unspecified atom stereocenters. The second-order valence-corrected chi connectivity index (χ2v) is 6.78. The summed E-state index contributed by atoms with van der Waals surface area (Å²) in [4.78, 5) is 22.8. The number of esters is 1. The summed E-state index contributed by atoms with van der Waals surface area (Å²) in [7, 11) is 0. The minimum Gasteiger partial charge on any atom is -0.481 e. The van der Waals surface area contributed by atoms with Gasteiger partial charge in [-0.25, -0.2) is 0 Å². The molecule has 1 N–H and O–H groups in total. The van der Waals surface area contributed by atoms with E-state index in [1.165, 1.54) is 44.9 Å². The predicted octanol–water partition coefficient (Wildman–Crippen LogP) is 5.87. The van der Waals surface area contributed by atoms with Gasteiger partial charge in [0.05, 0.1) is 6.42 Å². The van der Waals surface area contributed by atoms with Crippen LogP contribution >= 0.6 is 0 Å². The normalized spacial score (nSPS) is 12.1. The maximum Gasteiger partial charge on any atom is 0.307 e. The van der Waals surface area contributed by atoms with Crippen molar-refractivity contribution in [3.63, 3.8) is 0 Å². The molecule has 4 heteroatoms. The highest BCUT2D eigenvalue weighted by molar-refractivity contribution is 5.71. The summed E-state index contributed by atoms with van der Waals surface area (Å²) in [6.45, 7) is 4.36. The summed E-state index contributed by atoms with van der Waals surface area (Å²) in [6, 6.07) is 0. The average Bonchev–Trinajstić information content (AvgIpc) is 2.53. The highest BCUT2D eigenvalue weighted by Crippen LogP contribution is 2.15. The minimum absolute atomic E-state index is 0.0720. The molecule has 0 aliphatic heterocycles. The van der Waals surface area contributed by atoms with Gasteiger partial charge in [0.25, 0.3) is 0 Å². The van der Waals surface area contributed by atoms with Gasteiger partial charge >= 0.3 is 11.9 Å². The standard InChI is InChI=1S/C20H38O4/c1-3-5-7-9-10-12-13-15-18(17-19(21)22)24-20(23)16-14-11-8-6-4-2/h18H,3-17H2,1-2H3,(H,21,22). The number of carboxylic acids is 1. The van der Waals surface area contributed by atoms with Crippen LogP contribution in [0.2, 0.25) is 0 Å². The zero-order valence-corrected chi connectivity index (χ0v) is 15.9. The van der Waals surface area contributed by atoms with Crippen LogP contribution in [0, 0.1) is 0 Å². The van der Waals surface area contributed by atoms with Crippen molar-refractivity contribution < 1.29 is 19.4 Å². The average molecular weight is 343 g/mol. The topological polar surface area (TPSA) is 63.6 Å². The van der Waals surface area contributed by atoms with Crippen molar-refractivity contribution in [3.05, 3.63) is 0 Å². The molecule has 142 valence electrons. The van der Waals surface area contributed by atoms with Crippen LogP contribution in [0.3, 0.4) is 0 Å². The van der Waals surface area contributed by atoms with Crippen LogP contribution in [-0.2, 0) is 14.3 Å². The lowest BCUT2D eigenvalue weighted by molar-refractivity contribution is -0.153. The van der Waals surface area contributed by atoms with Crippen molar-refractivity contribution in [2.75, 3.05) is 0 Å². The summed E-state index contributed by atoms with van der Waals surface area (Å²) < 4.78 is 5.39. The first-order chi connectivity index (χ1) is 11.6. The summed E-state index contributed by atoms with van der Waals surface area (Å²) in [5.41, 5.74) is 0. The van der Waals surface area contributed by atoms with Gasteiger partial charge in [-0.15, -0.1) is 0 Å². The van der Waals surface area contributed by atoms with Crippen molar-refractivity contribution in [2.45, 2.75) is 116 Å². The number of ether oxygens (including phenoxy) is 1. The van der Waals surface area contributed by atoms with Crippen molar-refractivity contribution in [1.29, 1.82) is 0 Å². The van der Waals surface area contributed by atoms with Crippen LogP contribution in [0.1, 0.15) is 110 Å². The van der Waals surface area contributed by atoms with E-state index in [2.05, 4.69) is 13.8 Å². The van der Waals surface area contributed by atoms with E-state index in [1.807, 2.05) is 0 Å². The third kappa shape index (κ3) is 15.8. The molecule has 0 fully saturated rings. The molecular formula is C20H38O4. The minimum atomic E-state index is -0.890. The smallest absolute Gasteiger partial charge is 0.307 e. The first-order valence-corrected chi connectivity index (χ1v) is 10.0. The highest BCUT2D eigenvalue weighted by Gasteiger charge is 2.17. The van der Waals surface area contributed by atoms with Crippen LogP contribution in [0.4, 0.5) is 0 Å². The molecule has 0 rings (SSSR count). The van der Waals surface area contributed by atoms with Gasteiger partial charge < -0.3 is 9.84 Å². The molecule has 4 nitrogen and oxygen atoms in total. The Hall–Kier alpha value is -1.06. The van der Waals surface area contributed by atoms with E-state index < -0.39 is 12.1 Å². The molecule has 0 aromatic heterocycles. The summed E-state index contributed by atoms with van der Waals surface area (Å²) in [6.07, 6.45) is 14.3. The molecule has 0 amide bonds. The summed E-state index contributed by atoms with van der Waals surface area (Å²) in [5, 5.41) is 8.98. The third-order valence-electron chi connectivity index (χ3n) is 4.31. The van der Waals surface area contributed by atoms with E-state index in [1.54, 1.807) is 0 Å². The lowest BCUT2D eigenvalue weighted by Crippen LogP contribution is -2.21. The van der Waals surface area contributed by atoms with Gasteiger partial charge in [-0.1, -0.05) is 78.1 Å². The Labute approximate surface area is 148 Å². The van der Waals surface area contributed by atoms with E-state index >= 15 is 0 Å². The molecular weight excluding hydrogens is 304 g/mol. The van der Waals surface area contributed by atoms with E-state index in [0.29, 0.717) is 12.8 Å². The van der Waals surface area contributed by atoms with Crippen LogP contribution in [-0.4, -0.2) is 23.1 Å². The maximum atomic E-state index is 11.9. The largest absolute Gasteiger partial charge is 0.481 e. The van der Waals surface area contributed by atoms with Crippen LogP contribution < -0.4 is 0 Å². The fourth-order valence-corrected chi connectivity index (χ4v) is 2.84. The molecule has 0 aliphatic rings. The van der Waals surface area contributed by atoms with E-state index in [9.17, 15) is 9.59 Å². The van der Waals surface area contributed by atoms with Crippen LogP contribution in [0.5, 0.6) is 0 Å². The van der Waals surface area contributed by atoms with Gasteiger partial charge in [-0.05, 0) is 19.3 Å². The molecule has 0 aliphatic carbocycles. The van der Waals surface area contributed by atoms with Crippen molar-refractivity contribution >= 4 is 11.9 Å². The zero-order valence-electron chi connectivity index (χ0n) is 15.9. The maximum absolute atomic E-state index is 11.9. The number of carbonyl (C=O) groups excluding carboxylic acids is 1. The lowest BCUT2D eigenvalue weighted by atomic mass is 10.0. The molecule has 0 aromatic carbocycles. The second kappa shape index (κ2) is 16.8. The first-order valence-electron chi connectivity index (χ1n) is 10.0. The zero-order chi connectivity index (χ0) is 18.0. The third-order valence-corrected chi connectivity index (χ3v) is 4.31. The van der Waals surface area contributed by atoms with Crippen molar-refractivity contribution in [1.82, 2.24) is 0 Å². The quantitative estimate of drug-likeness (QED) is 0.265. The van der Waals surface area contributed by atoms with Crippen LogP contribution in [0.25, 0.3) is 0 Å². The number of hydrogen-bond donors (Lipinski definition) is 1. The van der Waals surface area contributed by atoms with Gasteiger partial charge in [0.1, 0.15) is 6.10 Å². The molecule has 0 heterocycles. The Morgan fingerprint density at radius 3 is 1.83 bits per heavy atom. The predicted molar refractivity (Wildman–Crippen MR) is 98.1 cm³/mol. The molecule has 0 saturated carbocycles. The van der Waals surface area contributed by atoms with Crippen molar-refractivity contribution in [3.8, 4) is 0 Å². The summed E-state index contributed by atoms with van der Waals surface area (Å²) in [5.74, 6) is -1.13. The molecule has 0 bridgehead atoms. The number of rotatable bonds is 17. The van der Waals surface area contributed by atoms with Crippen molar-refractivity contribution in [2.24, 2.45) is 0 Å². The van der Waals surface area contributed by atoms with Gasteiger partial charge in [0.2, 0.25) is 0 Å². The highest BCUT2D eigenvalue weighted by atomic mass is 16.5. The number of aliphatic carboxylic acids is 1. The monoisotopic (exact) mass is 342 g/mol. The van der Waals surface area contributed by atoms with Gasteiger partial charge in [0.15, 0.2) is 0 Å². The fraction of sp³-hybridized carbons (Fsp3) is 0.900. The van der Waals surface area contributed by atoms with E-state index in [0.717, 1.165) is 32.1 Å². The Morgan fingerprint density at radius 2 is 1.29 bits per heavy atom. The fourth-order valence-electron chi connectivity index (χ4n) is 2.84. The molecule has 0 radical (unpaired) electrons. The summed E-state index contributed by atoms with van der Waals surface area (Å²) >= 11 is 0. The second-order valence-electron chi connectivity index (χ2n) is 6.78. The Morgan fingerprint density at radius 1 is 0.792 bits per heavy atom. The number of hydrogen-bond acceptors (Lipinski definition) is 3. The first kappa shape index (κ1) is 22.9.